The van der Waals surface area contributed by atoms with E-state index in [0.29, 0.717) is 6.61 Å². The highest BCUT2D eigenvalue weighted by atomic mass is 16.2. The van der Waals surface area contributed by atoms with Gasteiger partial charge in [-0.3, -0.25) is 0 Å². The maximum absolute atomic E-state index is 8.40. The van der Waals surface area contributed by atoms with Gasteiger partial charge in [0.05, 0.1) is 6.54 Å². The average Bonchev–Trinajstić information content (AvgIpc) is 1.89. The molecule has 0 aliphatic carbocycles. The van der Waals surface area contributed by atoms with Gasteiger partial charge in [-0.2, -0.15) is 7.05 Å². The van der Waals surface area contributed by atoms with Crippen LogP contribution in [0.2, 0.25) is 0 Å². The second-order valence-electron chi connectivity index (χ2n) is 2.22. The number of quaternary nitrogens is 1. The summed E-state index contributed by atoms with van der Waals surface area (Å²) in [6.07, 6.45) is 4.57. The maximum Gasteiger partial charge on any atom is 0.0515 e. The van der Waals surface area contributed by atoms with E-state index >= 15 is 0 Å². The molecule has 2 nitrogen and oxygen atoms in total. The summed E-state index contributed by atoms with van der Waals surface area (Å²) in [5.74, 6) is 0. The van der Waals surface area contributed by atoms with Gasteiger partial charge in [-0.15, -0.1) is 0 Å². The van der Waals surface area contributed by atoms with E-state index in [1.165, 1.54) is 12.8 Å². The van der Waals surface area contributed by atoms with E-state index in [0.717, 1.165) is 19.4 Å². The fourth-order valence-corrected chi connectivity index (χ4v) is 0.754. The Hall–Kier alpha value is -0.0800. The lowest BCUT2D eigenvalue weighted by Crippen LogP contribution is -2.76. The molecule has 0 unspecified atom stereocenters. The Morgan fingerprint density at radius 1 is 1.11 bits per heavy atom. The molecule has 0 radical (unpaired) electrons. The van der Waals surface area contributed by atoms with Crippen molar-refractivity contribution in [1.29, 1.82) is 0 Å². The molecule has 0 spiro atoms. The second-order valence-corrected chi connectivity index (χ2v) is 2.22. The predicted octanol–water partition coefficient (Wildman–Crippen LogP) is -0.106. The first kappa shape index (κ1) is 8.92. The molecule has 0 aromatic carbocycles. The van der Waals surface area contributed by atoms with Gasteiger partial charge in [0.1, 0.15) is 0 Å². The van der Waals surface area contributed by atoms with Gasteiger partial charge < -0.3 is 10.4 Å². The molecule has 0 aliphatic rings. The Labute approximate surface area is 57.3 Å². The van der Waals surface area contributed by atoms with Crippen molar-refractivity contribution < 1.29 is 10.4 Å². The summed E-state index contributed by atoms with van der Waals surface area (Å²) in [6.45, 7) is 1.46. The van der Waals surface area contributed by atoms with Gasteiger partial charge in [-0.05, 0) is 19.3 Å². The summed E-state index contributed by atoms with van der Waals surface area (Å²) in [5.41, 5.74) is 0. The van der Waals surface area contributed by atoms with E-state index in [1.54, 1.807) is 0 Å². The van der Waals surface area contributed by atoms with Gasteiger partial charge >= 0.3 is 0 Å². The van der Waals surface area contributed by atoms with Gasteiger partial charge in [-0.1, -0.05) is 6.42 Å². The zero-order valence-electron chi connectivity index (χ0n) is 5.97. The molecular weight excluding hydrogens is 114 g/mol. The van der Waals surface area contributed by atoms with Crippen molar-refractivity contribution in [3.63, 3.8) is 0 Å². The van der Waals surface area contributed by atoms with E-state index in [9.17, 15) is 0 Å². The summed E-state index contributed by atoms with van der Waals surface area (Å²) in [7, 11) is 3.63. The predicted molar refractivity (Wildman–Crippen MR) is 37.7 cm³/mol. The van der Waals surface area contributed by atoms with Crippen molar-refractivity contribution in [2.45, 2.75) is 25.7 Å². The lowest BCUT2D eigenvalue weighted by molar-refractivity contribution is -0.595. The van der Waals surface area contributed by atoms with Crippen molar-refractivity contribution in [2.24, 2.45) is 0 Å². The minimum Gasteiger partial charge on any atom is -0.479 e. The largest absolute Gasteiger partial charge is 0.479 e. The Balaban J connectivity index is 2.60. The lowest BCUT2D eigenvalue weighted by Gasteiger charge is -1.98. The summed E-state index contributed by atoms with van der Waals surface area (Å²) < 4.78 is 0. The fraction of sp³-hybridized carbons (Fsp3) is 0.857. The Bertz CT molecular complexity index is 42.2. The fourth-order valence-electron chi connectivity index (χ4n) is 0.754. The smallest absolute Gasteiger partial charge is 0.0515 e. The van der Waals surface area contributed by atoms with Crippen LogP contribution < -0.4 is 5.32 Å². The minimum atomic E-state index is 0.341. The Morgan fingerprint density at radius 2 is 1.78 bits per heavy atom. The molecular formula is C7H17NO. The highest BCUT2D eigenvalue weighted by molar-refractivity contribution is 4.39. The van der Waals surface area contributed by atoms with Crippen LogP contribution in [0.15, 0.2) is 0 Å². The van der Waals surface area contributed by atoms with Crippen LogP contribution in [-0.4, -0.2) is 18.3 Å². The van der Waals surface area contributed by atoms with Crippen LogP contribution in [0.5, 0.6) is 0 Å². The zero-order chi connectivity index (χ0) is 6.95. The molecule has 0 aliphatic heterocycles. The topological polar surface area (TPSA) is 36.8 Å². The molecule has 0 aromatic rings. The van der Waals surface area contributed by atoms with E-state index in [4.69, 9.17) is 5.11 Å². The number of hydrogen-bond donors (Lipinski definition) is 2. The van der Waals surface area contributed by atoms with Crippen LogP contribution in [-0.2, 0) is 0 Å². The van der Waals surface area contributed by atoms with Gasteiger partial charge in [0, 0.05) is 6.61 Å². The van der Waals surface area contributed by atoms with Crippen molar-refractivity contribution in [1.82, 2.24) is 0 Å². The molecule has 0 saturated carbocycles. The average molecular weight is 131 g/mol. The van der Waals surface area contributed by atoms with Gasteiger partial charge in [-0.25, -0.2) is 0 Å². The maximum atomic E-state index is 8.40. The van der Waals surface area contributed by atoms with Crippen LogP contribution >= 0.6 is 0 Å². The van der Waals surface area contributed by atoms with Gasteiger partial charge in [0.2, 0.25) is 0 Å². The summed E-state index contributed by atoms with van der Waals surface area (Å²) >= 11 is 0. The highest BCUT2D eigenvalue weighted by Gasteiger charge is 1.86. The Morgan fingerprint density at radius 3 is 2.33 bits per heavy atom. The van der Waals surface area contributed by atoms with Crippen LogP contribution in [0.4, 0.5) is 0 Å². The van der Waals surface area contributed by atoms with Crippen LogP contribution in [0, 0.1) is 7.05 Å². The van der Waals surface area contributed by atoms with Crippen LogP contribution in [0.25, 0.3) is 0 Å². The van der Waals surface area contributed by atoms with Crippen molar-refractivity contribution in [3.05, 3.63) is 7.05 Å². The summed E-state index contributed by atoms with van der Waals surface area (Å²) in [5, 5.41) is 10.3. The first-order chi connectivity index (χ1) is 4.41. The van der Waals surface area contributed by atoms with E-state index in [2.05, 4.69) is 7.05 Å². The SMILES string of the molecule is [CH2-][NH2+]CCCCCCO. The first-order valence-corrected chi connectivity index (χ1v) is 3.63. The van der Waals surface area contributed by atoms with Crippen molar-refractivity contribution in [2.75, 3.05) is 13.2 Å². The number of rotatable bonds is 6. The van der Waals surface area contributed by atoms with Crippen molar-refractivity contribution in [3.8, 4) is 0 Å². The number of aliphatic hydroxyl groups excluding tert-OH is 1. The van der Waals surface area contributed by atoms with Crippen LogP contribution in [0.3, 0.4) is 0 Å². The molecule has 2 heteroatoms. The molecule has 56 valence electrons. The minimum absolute atomic E-state index is 0.341. The summed E-state index contributed by atoms with van der Waals surface area (Å²) in [4.78, 5) is 0. The monoisotopic (exact) mass is 131 g/mol. The highest BCUT2D eigenvalue weighted by Crippen LogP contribution is 1.95. The zero-order valence-corrected chi connectivity index (χ0v) is 5.97. The normalized spacial score (nSPS) is 10.0. The van der Waals surface area contributed by atoms with Crippen molar-refractivity contribution >= 4 is 0 Å². The molecule has 0 fully saturated rings. The van der Waals surface area contributed by atoms with Gasteiger partial charge in [0.25, 0.3) is 0 Å². The first-order valence-electron chi connectivity index (χ1n) is 3.63. The molecule has 3 N–H and O–H groups in total. The summed E-state index contributed by atoms with van der Waals surface area (Å²) in [6, 6.07) is 0. The second kappa shape index (κ2) is 7.92. The Kier molecular flexibility index (Phi) is 7.85. The molecule has 0 aromatic heterocycles. The standard InChI is InChI=1S/C7H17NO/c1-8-6-4-2-3-5-7-9/h9H,1-8H2. The number of hydrogen-bond acceptors (Lipinski definition) is 1. The van der Waals surface area contributed by atoms with E-state index < -0.39 is 0 Å². The third kappa shape index (κ3) is 7.92. The molecule has 0 amide bonds. The van der Waals surface area contributed by atoms with E-state index in [1.807, 2.05) is 5.32 Å². The molecule has 0 saturated heterocycles. The van der Waals surface area contributed by atoms with Gasteiger partial charge in [0.15, 0.2) is 0 Å². The molecule has 0 heterocycles. The quantitative estimate of drug-likeness (QED) is 0.383. The molecule has 0 bridgehead atoms. The van der Waals surface area contributed by atoms with Crippen LogP contribution in [0.1, 0.15) is 25.7 Å². The molecule has 9 heavy (non-hydrogen) atoms. The lowest BCUT2D eigenvalue weighted by atomic mass is 10.2. The third-order valence-electron chi connectivity index (χ3n) is 1.32. The number of nitrogens with two attached hydrogens (primary N) is 1. The number of unbranched alkanes of at least 4 members (excludes halogenated alkanes) is 3. The molecule has 0 atom stereocenters. The van der Waals surface area contributed by atoms with E-state index in [-0.39, 0.29) is 0 Å². The molecule has 0 rings (SSSR count). The third-order valence-corrected chi connectivity index (χ3v) is 1.32. The number of aliphatic hydroxyl groups is 1.